The van der Waals surface area contributed by atoms with E-state index < -0.39 is 0 Å². The molecule has 2 aromatic carbocycles. The molecule has 0 unspecified atom stereocenters. The van der Waals surface area contributed by atoms with Gasteiger partial charge in [0.2, 0.25) is 5.91 Å². The molecule has 4 nitrogen and oxygen atoms in total. The fourth-order valence-electron chi connectivity index (χ4n) is 2.71. The molecule has 1 aliphatic rings. The monoisotopic (exact) mass is 329 g/mol. The highest BCUT2D eigenvalue weighted by molar-refractivity contribution is 6.30. The summed E-state index contributed by atoms with van der Waals surface area (Å²) >= 11 is 5.87. The highest BCUT2D eigenvalue weighted by Gasteiger charge is 2.16. The van der Waals surface area contributed by atoms with Crippen LogP contribution in [0.1, 0.15) is 12.0 Å². The molecule has 0 saturated carbocycles. The number of anilines is 2. The van der Waals surface area contributed by atoms with Crippen LogP contribution in [0.5, 0.6) is 0 Å². The summed E-state index contributed by atoms with van der Waals surface area (Å²) in [6, 6.07) is 15.6. The van der Waals surface area contributed by atoms with E-state index in [1.54, 1.807) is 0 Å². The lowest BCUT2D eigenvalue weighted by Gasteiger charge is -2.23. The summed E-state index contributed by atoms with van der Waals surface area (Å²) in [7, 11) is 0. The second kappa shape index (κ2) is 7.38. The van der Waals surface area contributed by atoms with Crippen molar-refractivity contribution < 1.29 is 4.79 Å². The van der Waals surface area contributed by atoms with Gasteiger partial charge in [0.05, 0.1) is 17.9 Å². The molecular formula is C18H20ClN3O. The van der Waals surface area contributed by atoms with Crippen molar-refractivity contribution >= 4 is 28.9 Å². The third-order valence-electron chi connectivity index (χ3n) is 3.90. The largest absolute Gasteiger partial charge is 0.383 e. The van der Waals surface area contributed by atoms with Crippen molar-refractivity contribution in [1.82, 2.24) is 5.32 Å². The summed E-state index contributed by atoms with van der Waals surface area (Å²) < 4.78 is 0. The molecule has 0 fully saturated rings. The summed E-state index contributed by atoms with van der Waals surface area (Å²) in [6.07, 6.45) is 1.01. The lowest BCUT2D eigenvalue weighted by Crippen LogP contribution is -2.37. The van der Waals surface area contributed by atoms with Crippen LogP contribution in [0, 0.1) is 0 Å². The Morgan fingerprint density at radius 2 is 1.96 bits per heavy atom. The molecule has 0 atom stereocenters. The number of hydrogen-bond donors (Lipinski definition) is 2. The maximum atomic E-state index is 12.3. The molecule has 120 valence electrons. The van der Waals surface area contributed by atoms with Gasteiger partial charge in [-0.1, -0.05) is 35.9 Å². The van der Waals surface area contributed by atoms with Crippen LogP contribution >= 0.6 is 11.6 Å². The molecule has 1 aliphatic heterocycles. The van der Waals surface area contributed by atoms with E-state index in [-0.39, 0.29) is 5.91 Å². The van der Waals surface area contributed by atoms with Crippen molar-refractivity contribution in [1.29, 1.82) is 0 Å². The number of carbonyl (C=O) groups excluding carboxylic acids is 1. The summed E-state index contributed by atoms with van der Waals surface area (Å²) in [5, 5.41) is 7.08. The molecule has 0 saturated heterocycles. The van der Waals surface area contributed by atoms with E-state index in [2.05, 4.69) is 27.7 Å². The van der Waals surface area contributed by atoms with Gasteiger partial charge in [-0.2, -0.15) is 0 Å². The molecule has 1 amide bonds. The van der Waals surface area contributed by atoms with Gasteiger partial charge >= 0.3 is 0 Å². The predicted octanol–water partition coefficient (Wildman–Crippen LogP) is 3.28. The number of fused-ring (bicyclic) bond motifs is 1. The smallest absolute Gasteiger partial charge is 0.239 e. The minimum absolute atomic E-state index is 0.0247. The normalized spacial score (nSPS) is 13.7. The first-order valence-electron chi connectivity index (χ1n) is 7.81. The first-order chi connectivity index (χ1) is 11.2. The maximum absolute atomic E-state index is 12.3. The molecule has 0 aromatic heterocycles. The van der Waals surface area contributed by atoms with Crippen molar-refractivity contribution in [3.05, 3.63) is 59.1 Å². The minimum atomic E-state index is 0.0247. The molecule has 2 aromatic rings. The quantitative estimate of drug-likeness (QED) is 0.904. The molecule has 5 heteroatoms. The summed E-state index contributed by atoms with van der Waals surface area (Å²) in [4.78, 5) is 14.4. The Bertz CT molecular complexity index is 672. The first-order valence-corrected chi connectivity index (χ1v) is 8.19. The Hall–Kier alpha value is -2.20. The van der Waals surface area contributed by atoms with Crippen LogP contribution in [0.15, 0.2) is 48.5 Å². The average molecular weight is 330 g/mol. The van der Waals surface area contributed by atoms with Gasteiger partial charge in [-0.3, -0.25) is 4.79 Å². The van der Waals surface area contributed by atoms with Gasteiger partial charge in [-0.15, -0.1) is 0 Å². The van der Waals surface area contributed by atoms with E-state index in [4.69, 9.17) is 11.6 Å². The molecule has 0 spiro atoms. The van der Waals surface area contributed by atoms with Crippen LogP contribution < -0.4 is 15.5 Å². The first kappa shape index (κ1) is 15.7. The molecule has 0 bridgehead atoms. The van der Waals surface area contributed by atoms with Crippen molar-refractivity contribution in [2.24, 2.45) is 0 Å². The Balaban J connectivity index is 1.60. The Morgan fingerprint density at radius 1 is 1.17 bits per heavy atom. The molecule has 0 radical (unpaired) electrons. The van der Waals surface area contributed by atoms with Gasteiger partial charge in [0, 0.05) is 24.7 Å². The number of halogens is 1. The van der Waals surface area contributed by atoms with Crippen molar-refractivity contribution in [3.8, 4) is 0 Å². The van der Waals surface area contributed by atoms with Gasteiger partial charge in [0.25, 0.3) is 0 Å². The third-order valence-corrected chi connectivity index (χ3v) is 4.15. The number of rotatable bonds is 4. The summed E-state index contributed by atoms with van der Waals surface area (Å²) in [6.45, 7) is 2.69. The molecule has 1 heterocycles. The topological polar surface area (TPSA) is 44.4 Å². The Labute approximate surface area is 141 Å². The number of hydrogen-bond acceptors (Lipinski definition) is 3. The highest BCUT2D eigenvalue weighted by Crippen LogP contribution is 2.27. The van der Waals surface area contributed by atoms with E-state index in [0.717, 1.165) is 36.4 Å². The molecular weight excluding hydrogens is 310 g/mol. The number of carbonyl (C=O) groups is 1. The van der Waals surface area contributed by atoms with Crippen LogP contribution in [0.25, 0.3) is 0 Å². The second-order valence-electron chi connectivity index (χ2n) is 5.62. The minimum Gasteiger partial charge on any atom is -0.383 e. The average Bonchev–Trinajstić information content (AvgIpc) is 2.77. The fraction of sp³-hybridized carbons (Fsp3) is 0.278. The van der Waals surface area contributed by atoms with E-state index in [0.29, 0.717) is 18.1 Å². The Morgan fingerprint density at radius 3 is 2.78 bits per heavy atom. The zero-order chi connectivity index (χ0) is 16.1. The lowest BCUT2D eigenvalue weighted by molar-refractivity contribution is -0.119. The van der Waals surface area contributed by atoms with Gasteiger partial charge in [0.15, 0.2) is 0 Å². The highest BCUT2D eigenvalue weighted by atomic mass is 35.5. The van der Waals surface area contributed by atoms with Crippen LogP contribution in [-0.4, -0.2) is 25.5 Å². The van der Waals surface area contributed by atoms with Gasteiger partial charge in [-0.05, 0) is 36.2 Å². The SMILES string of the molecule is O=C(CN1CCCNc2ccccc21)NCc1ccc(Cl)cc1. The molecule has 3 rings (SSSR count). The second-order valence-corrected chi connectivity index (χ2v) is 6.06. The van der Waals surface area contributed by atoms with Gasteiger partial charge in [-0.25, -0.2) is 0 Å². The van der Waals surface area contributed by atoms with Gasteiger partial charge in [0.1, 0.15) is 0 Å². The van der Waals surface area contributed by atoms with Crippen LogP contribution in [-0.2, 0) is 11.3 Å². The summed E-state index contributed by atoms with van der Waals surface area (Å²) in [5.41, 5.74) is 3.22. The van der Waals surface area contributed by atoms with Crippen LogP contribution in [0.4, 0.5) is 11.4 Å². The Kier molecular flexibility index (Phi) is 5.03. The van der Waals surface area contributed by atoms with Crippen molar-refractivity contribution in [2.75, 3.05) is 29.9 Å². The fourth-order valence-corrected chi connectivity index (χ4v) is 2.83. The van der Waals surface area contributed by atoms with Crippen LogP contribution in [0.3, 0.4) is 0 Å². The van der Waals surface area contributed by atoms with E-state index in [9.17, 15) is 4.79 Å². The van der Waals surface area contributed by atoms with Crippen molar-refractivity contribution in [2.45, 2.75) is 13.0 Å². The predicted molar refractivity (Wildman–Crippen MR) is 95.1 cm³/mol. The zero-order valence-electron chi connectivity index (χ0n) is 12.9. The van der Waals surface area contributed by atoms with Crippen LogP contribution in [0.2, 0.25) is 5.02 Å². The van der Waals surface area contributed by atoms with E-state index in [1.165, 1.54) is 0 Å². The van der Waals surface area contributed by atoms with E-state index in [1.807, 2.05) is 36.4 Å². The lowest BCUT2D eigenvalue weighted by atomic mass is 10.2. The maximum Gasteiger partial charge on any atom is 0.239 e. The molecule has 23 heavy (non-hydrogen) atoms. The van der Waals surface area contributed by atoms with E-state index >= 15 is 0 Å². The third kappa shape index (κ3) is 4.17. The zero-order valence-corrected chi connectivity index (χ0v) is 13.6. The number of benzene rings is 2. The molecule has 0 aliphatic carbocycles. The number of nitrogens with zero attached hydrogens (tertiary/aromatic N) is 1. The standard InChI is InChI=1S/C18H20ClN3O/c19-15-8-6-14(7-9-15)12-21-18(23)13-22-11-3-10-20-16-4-1-2-5-17(16)22/h1-2,4-9,20H,3,10-13H2,(H,21,23). The number of para-hydroxylation sites is 2. The van der Waals surface area contributed by atoms with Gasteiger partial charge < -0.3 is 15.5 Å². The number of nitrogens with one attached hydrogen (secondary N) is 2. The summed E-state index contributed by atoms with van der Waals surface area (Å²) in [5.74, 6) is 0.0247. The number of amides is 1. The molecule has 2 N–H and O–H groups in total. The van der Waals surface area contributed by atoms with Crippen molar-refractivity contribution in [3.63, 3.8) is 0 Å².